The van der Waals surface area contributed by atoms with E-state index in [-0.39, 0.29) is 5.91 Å². The van der Waals surface area contributed by atoms with Crippen LogP contribution in [0.15, 0.2) is 30.5 Å². The van der Waals surface area contributed by atoms with Gasteiger partial charge < -0.3 is 19.8 Å². The zero-order valence-corrected chi connectivity index (χ0v) is 13.8. The molecule has 1 aromatic carbocycles. The zero-order chi connectivity index (χ0) is 16.2. The van der Waals surface area contributed by atoms with Crippen molar-refractivity contribution in [2.75, 3.05) is 19.8 Å². The highest BCUT2D eigenvalue weighted by Gasteiger charge is 2.16. The summed E-state index contributed by atoms with van der Waals surface area (Å²) in [6.07, 6.45) is 2.32. The summed E-state index contributed by atoms with van der Waals surface area (Å²) in [7, 11) is 0. The number of H-pyrrole nitrogens is 1. The van der Waals surface area contributed by atoms with E-state index in [1.54, 1.807) is 18.3 Å². The topological polar surface area (TPSA) is 63.4 Å². The molecule has 0 bridgehead atoms. The Balaban J connectivity index is 1.63. The van der Waals surface area contributed by atoms with Gasteiger partial charge in [0.05, 0.1) is 10.6 Å². The molecule has 2 heterocycles. The van der Waals surface area contributed by atoms with E-state index in [0.717, 1.165) is 5.56 Å². The summed E-state index contributed by atoms with van der Waals surface area (Å²) < 4.78 is 11.4. The first kappa shape index (κ1) is 15.8. The number of halogens is 1. The summed E-state index contributed by atoms with van der Waals surface area (Å²) in [4.78, 5) is 14.9. The number of amides is 1. The van der Waals surface area contributed by atoms with E-state index in [1.807, 2.05) is 12.1 Å². The van der Waals surface area contributed by atoms with Gasteiger partial charge in [-0.1, -0.05) is 23.8 Å². The number of rotatable bonds is 4. The Morgan fingerprint density at radius 1 is 1.35 bits per heavy atom. The van der Waals surface area contributed by atoms with Gasteiger partial charge in [-0.05, 0) is 36.2 Å². The molecule has 7 heteroatoms. The smallest absolute Gasteiger partial charge is 0.254 e. The third kappa shape index (κ3) is 3.65. The summed E-state index contributed by atoms with van der Waals surface area (Å²) in [5.41, 5.74) is 1.43. The number of ether oxygens (including phenoxy) is 2. The lowest BCUT2D eigenvalue weighted by Gasteiger charge is -2.20. The van der Waals surface area contributed by atoms with Crippen molar-refractivity contribution in [3.05, 3.63) is 51.3 Å². The van der Waals surface area contributed by atoms with Crippen molar-refractivity contribution in [3.63, 3.8) is 0 Å². The molecule has 0 saturated carbocycles. The normalized spacial score (nSPS) is 12.7. The van der Waals surface area contributed by atoms with Crippen LogP contribution in [0.4, 0.5) is 0 Å². The minimum Gasteiger partial charge on any atom is -0.486 e. The number of carbonyl (C=O) groups is 1. The van der Waals surface area contributed by atoms with Crippen molar-refractivity contribution in [1.82, 2.24) is 10.3 Å². The van der Waals surface area contributed by atoms with E-state index < -0.39 is 0 Å². The predicted molar refractivity (Wildman–Crippen MR) is 90.1 cm³/mol. The maximum Gasteiger partial charge on any atom is 0.254 e. The van der Waals surface area contributed by atoms with Gasteiger partial charge in [-0.2, -0.15) is 0 Å². The molecule has 0 atom stereocenters. The van der Waals surface area contributed by atoms with Crippen molar-refractivity contribution in [3.8, 4) is 11.5 Å². The van der Waals surface area contributed by atoms with Gasteiger partial charge in [0.2, 0.25) is 0 Å². The molecule has 2 N–H and O–H groups in total. The van der Waals surface area contributed by atoms with Crippen molar-refractivity contribution >= 4 is 29.7 Å². The van der Waals surface area contributed by atoms with Crippen molar-refractivity contribution < 1.29 is 14.3 Å². The molecule has 23 heavy (non-hydrogen) atoms. The second kappa shape index (κ2) is 7.02. The molecule has 2 aromatic rings. The van der Waals surface area contributed by atoms with Gasteiger partial charge >= 0.3 is 0 Å². The highest BCUT2D eigenvalue weighted by Crippen LogP contribution is 2.38. The number of aromatic nitrogens is 1. The number of benzene rings is 1. The predicted octanol–water partition coefficient (Wildman–Crippen LogP) is 3.14. The third-order valence-corrected chi connectivity index (χ3v) is 4.04. The fourth-order valence-electron chi connectivity index (χ4n) is 2.32. The molecular weight excluding hydrogens is 336 g/mol. The van der Waals surface area contributed by atoms with Crippen LogP contribution in [0.25, 0.3) is 0 Å². The highest BCUT2D eigenvalue weighted by atomic mass is 35.5. The van der Waals surface area contributed by atoms with E-state index in [4.69, 9.17) is 33.3 Å². The molecule has 1 aliphatic heterocycles. The minimum atomic E-state index is -0.199. The van der Waals surface area contributed by atoms with E-state index in [9.17, 15) is 4.79 Å². The fraction of sp³-hybridized carbons (Fsp3) is 0.250. The number of aromatic amines is 1. The molecule has 0 unspecified atom stereocenters. The van der Waals surface area contributed by atoms with Crippen LogP contribution in [0.5, 0.6) is 11.5 Å². The van der Waals surface area contributed by atoms with Crippen LogP contribution in [0, 0.1) is 4.64 Å². The van der Waals surface area contributed by atoms with Crippen molar-refractivity contribution in [2.45, 2.75) is 6.42 Å². The lowest BCUT2D eigenvalue weighted by atomic mass is 10.1. The molecule has 0 saturated heterocycles. The number of nitrogens with one attached hydrogen (secondary N) is 2. The lowest BCUT2D eigenvalue weighted by molar-refractivity contribution is 0.0953. The van der Waals surface area contributed by atoms with Crippen LogP contribution < -0.4 is 14.8 Å². The van der Waals surface area contributed by atoms with Crippen molar-refractivity contribution in [1.29, 1.82) is 0 Å². The molecule has 3 rings (SSSR count). The summed E-state index contributed by atoms with van der Waals surface area (Å²) in [6.45, 7) is 1.48. The van der Waals surface area contributed by atoms with E-state index in [1.165, 1.54) is 0 Å². The zero-order valence-electron chi connectivity index (χ0n) is 12.2. The molecule has 1 aliphatic rings. The van der Waals surface area contributed by atoms with Gasteiger partial charge in [0.1, 0.15) is 17.9 Å². The Kier molecular flexibility index (Phi) is 4.83. The molecule has 0 fully saturated rings. The summed E-state index contributed by atoms with van der Waals surface area (Å²) in [5, 5.41) is 3.37. The standard InChI is InChI=1S/C16H15ClN2O3S/c17-12-8-10(9-13-14(12)22-7-6-21-13)3-5-18-15(20)11-2-1-4-19-16(11)23/h1-2,4,8-9H,3,5-7H2,(H,18,20)(H,19,23). The number of hydrogen-bond acceptors (Lipinski definition) is 4. The Bertz CT molecular complexity index is 791. The van der Waals surface area contributed by atoms with Crippen molar-refractivity contribution in [2.24, 2.45) is 0 Å². The molecule has 0 aliphatic carbocycles. The van der Waals surface area contributed by atoms with Crippen LogP contribution in [0.3, 0.4) is 0 Å². The SMILES string of the molecule is O=C(NCCc1cc(Cl)c2c(c1)OCCO2)c1ccc[nH]c1=S. The monoisotopic (exact) mass is 350 g/mol. The Morgan fingerprint density at radius 3 is 3.00 bits per heavy atom. The molecule has 5 nitrogen and oxygen atoms in total. The first-order valence-corrected chi connectivity index (χ1v) is 7.97. The van der Waals surface area contributed by atoms with Gasteiger partial charge in [0.15, 0.2) is 11.5 Å². The van der Waals surface area contributed by atoms with E-state index in [2.05, 4.69) is 10.3 Å². The number of fused-ring (bicyclic) bond motifs is 1. The van der Waals surface area contributed by atoms with Gasteiger partial charge in [-0.25, -0.2) is 0 Å². The molecule has 0 radical (unpaired) electrons. The van der Waals surface area contributed by atoms with Crippen LogP contribution in [-0.2, 0) is 6.42 Å². The fourth-order valence-corrected chi connectivity index (χ4v) is 2.84. The second-order valence-corrected chi connectivity index (χ2v) is 5.84. The Morgan fingerprint density at radius 2 is 2.17 bits per heavy atom. The molecule has 1 aromatic heterocycles. The minimum absolute atomic E-state index is 0.199. The maximum absolute atomic E-state index is 12.1. The van der Waals surface area contributed by atoms with Crippen LogP contribution >= 0.6 is 23.8 Å². The maximum atomic E-state index is 12.1. The van der Waals surface area contributed by atoms with Gasteiger partial charge in [0.25, 0.3) is 5.91 Å². The summed E-state index contributed by atoms with van der Waals surface area (Å²) in [6, 6.07) is 7.15. The lowest BCUT2D eigenvalue weighted by Crippen LogP contribution is -2.26. The van der Waals surface area contributed by atoms with Crippen LogP contribution in [-0.4, -0.2) is 30.6 Å². The Labute approximate surface area is 143 Å². The number of pyridine rings is 1. The first-order valence-electron chi connectivity index (χ1n) is 7.19. The average Bonchev–Trinajstić information content (AvgIpc) is 2.55. The van der Waals surface area contributed by atoms with Gasteiger partial charge in [-0.15, -0.1) is 0 Å². The van der Waals surface area contributed by atoms with Crippen LogP contribution in [0.2, 0.25) is 5.02 Å². The second-order valence-electron chi connectivity index (χ2n) is 5.02. The molecular formula is C16H15ClN2O3S. The quantitative estimate of drug-likeness (QED) is 0.831. The van der Waals surface area contributed by atoms with Gasteiger partial charge in [0, 0.05) is 12.7 Å². The van der Waals surface area contributed by atoms with Gasteiger partial charge in [-0.3, -0.25) is 4.79 Å². The summed E-state index contributed by atoms with van der Waals surface area (Å²) in [5.74, 6) is 1.03. The van der Waals surface area contributed by atoms with E-state index in [0.29, 0.717) is 52.9 Å². The number of hydrogen-bond donors (Lipinski definition) is 2. The highest BCUT2D eigenvalue weighted by molar-refractivity contribution is 7.71. The third-order valence-electron chi connectivity index (χ3n) is 3.42. The summed E-state index contributed by atoms with van der Waals surface area (Å²) >= 11 is 11.3. The molecule has 1 amide bonds. The molecule has 120 valence electrons. The molecule has 0 spiro atoms. The number of carbonyl (C=O) groups excluding carboxylic acids is 1. The van der Waals surface area contributed by atoms with Crippen LogP contribution in [0.1, 0.15) is 15.9 Å². The largest absolute Gasteiger partial charge is 0.486 e. The Hall–Kier alpha value is -2.05. The first-order chi connectivity index (χ1) is 11.1. The average molecular weight is 351 g/mol. The van der Waals surface area contributed by atoms with E-state index >= 15 is 0 Å².